The Kier molecular flexibility index (Phi) is 6.17. The molecule has 4 unspecified atom stereocenters. The molecule has 6 heteroatoms. The van der Waals surface area contributed by atoms with Gasteiger partial charge < -0.3 is 19.6 Å². The smallest absolute Gasteiger partial charge is 0.179 e. The van der Waals surface area contributed by atoms with E-state index < -0.39 is 10.8 Å². The van der Waals surface area contributed by atoms with E-state index in [0.717, 1.165) is 57.3 Å². The number of fused-ring (bicyclic) bond motifs is 15. The van der Waals surface area contributed by atoms with E-state index in [2.05, 4.69) is 191 Å². The molecule has 0 spiro atoms. The fraction of sp³-hybridized carbons (Fsp3) is 0.149. The molecule has 5 heterocycles. The van der Waals surface area contributed by atoms with Gasteiger partial charge in [-0.3, -0.25) is 0 Å². The van der Waals surface area contributed by atoms with Crippen molar-refractivity contribution in [3.8, 4) is 0 Å². The maximum absolute atomic E-state index is 5.51. The Morgan fingerprint density at radius 1 is 0.491 bits per heavy atom. The molecular formula is C47H38N6. The molecule has 4 aliphatic rings. The van der Waals surface area contributed by atoms with Crippen molar-refractivity contribution in [2.45, 2.75) is 38.0 Å². The Balaban J connectivity index is 1.31. The van der Waals surface area contributed by atoms with Crippen LogP contribution in [0.3, 0.4) is 0 Å². The molecular weight excluding hydrogens is 649 g/mol. The highest BCUT2D eigenvalue weighted by Crippen LogP contribution is 2.69. The van der Waals surface area contributed by atoms with Gasteiger partial charge in [0, 0.05) is 28.0 Å². The molecule has 0 amide bonds. The van der Waals surface area contributed by atoms with Crippen molar-refractivity contribution in [3.63, 3.8) is 0 Å². The quantitative estimate of drug-likeness (QED) is 0.180. The van der Waals surface area contributed by atoms with Gasteiger partial charge in [0.2, 0.25) is 0 Å². The summed E-state index contributed by atoms with van der Waals surface area (Å²) >= 11 is 0. The van der Waals surface area contributed by atoms with Crippen LogP contribution in [0.5, 0.6) is 0 Å². The highest BCUT2D eigenvalue weighted by molar-refractivity contribution is 5.96. The Labute approximate surface area is 309 Å². The van der Waals surface area contributed by atoms with Crippen molar-refractivity contribution in [1.29, 1.82) is 0 Å². The molecule has 6 nitrogen and oxygen atoms in total. The first-order valence-corrected chi connectivity index (χ1v) is 18.5. The summed E-state index contributed by atoms with van der Waals surface area (Å²) in [6.07, 6.45) is 0.354. The average Bonchev–Trinajstić information content (AvgIpc) is 3.73. The molecule has 4 aliphatic heterocycles. The third kappa shape index (κ3) is 3.87. The molecule has 11 rings (SSSR count). The summed E-state index contributed by atoms with van der Waals surface area (Å²) in [6.45, 7) is 9.92. The zero-order valence-corrected chi connectivity index (χ0v) is 29.8. The fourth-order valence-corrected chi connectivity index (χ4v) is 10.1. The van der Waals surface area contributed by atoms with Gasteiger partial charge in [-0.15, -0.1) is 0 Å². The fourth-order valence-electron chi connectivity index (χ4n) is 10.1. The molecule has 0 saturated carbocycles. The van der Waals surface area contributed by atoms with Crippen molar-refractivity contribution in [2.24, 2.45) is 5.41 Å². The van der Waals surface area contributed by atoms with Crippen LogP contribution < -0.4 is 19.6 Å². The van der Waals surface area contributed by atoms with Crippen LogP contribution in [0, 0.1) is 5.41 Å². The Morgan fingerprint density at radius 2 is 0.962 bits per heavy atom. The summed E-state index contributed by atoms with van der Waals surface area (Å²) < 4.78 is 0. The molecule has 6 aromatic carbocycles. The number of rotatable bonds is 2. The van der Waals surface area contributed by atoms with E-state index in [1.54, 1.807) is 0 Å². The van der Waals surface area contributed by atoms with E-state index in [1.165, 1.54) is 22.6 Å². The van der Waals surface area contributed by atoms with Crippen LogP contribution >= 0.6 is 0 Å². The number of nitrogens with zero attached hydrogens (tertiary/aromatic N) is 6. The lowest BCUT2D eigenvalue weighted by atomic mass is 9.52. The lowest BCUT2D eigenvalue weighted by Crippen LogP contribution is -2.71. The zero-order chi connectivity index (χ0) is 35.5. The molecule has 0 saturated heterocycles. The van der Waals surface area contributed by atoms with Crippen LogP contribution in [-0.2, 0) is 5.41 Å². The number of hydrogen-bond acceptors (Lipinski definition) is 6. The van der Waals surface area contributed by atoms with Gasteiger partial charge in [-0.2, -0.15) is 0 Å². The number of allylic oxidation sites excluding steroid dienone is 1. The number of para-hydroxylation sites is 8. The van der Waals surface area contributed by atoms with Crippen LogP contribution in [0.25, 0.3) is 16.6 Å². The predicted molar refractivity (Wildman–Crippen MR) is 217 cm³/mol. The van der Waals surface area contributed by atoms with Gasteiger partial charge in [-0.25, -0.2) is 9.97 Å². The second kappa shape index (κ2) is 10.8. The minimum atomic E-state index is -0.558. The summed E-state index contributed by atoms with van der Waals surface area (Å²) in [5.74, 6) is 1.72. The first kappa shape index (κ1) is 30.2. The van der Waals surface area contributed by atoms with Crippen LogP contribution in [0.2, 0.25) is 0 Å². The standard InChI is InChI=1S/C47H38N6/c1-31-30-46(2)35-23-11-15-27-39(35)52-41-29-17-16-28-40(41)50(32-18-6-4-7-19-32)44(52)47(46,3)45-51(33-20-8-5-9-21-33)42-43(49-37-25-13-12-24-36(37)48-42)53(45)38-26-14-10-22-34(31)38/h4-29,44-45H,1,30H2,2-3H3. The highest BCUT2D eigenvalue weighted by atomic mass is 15.5. The summed E-state index contributed by atoms with van der Waals surface area (Å²) in [5, 5.41) is 0. The average molecular weight is 687 g/mol. The lowest BCUT2D eigenvalue weighted by molar-refractivity contribution is 0.0792. The normalized spacial score (nSPS) is 23.6. The van der Waals surface area contributed by atoms with Gasteiger partial charge in [-0.1, -0.05) is 117 Å². The van der Waals surface area contributed by atoms with Gasteiger partial charge >= 0.3 is 0 Å². The molecule has 4 atom stereocenters. The number of benzene rings is 6. The predicted octanol–water partition coefficient (Wildman–Crippen LogP) is 11.3. The van der Waals surface area contributed by atoms with Crippen molar-refractivity contribution in [2.75, 3.05) is 19.6 Å². The monoisotopic (exact) mass is 686 g/mol. The Morgan fingerprint density at radius 3 is 1.62 bits per heavy atom. The van der Waals surface area contributed by atoms with Gasteiger partial charge in [0.25, 0.3) is 0 Å². The zero-order valence-electron chi connectivity index (χ0n) is 29.8. The molecule has 0 N–H and O–H groups in total. The maximum atomic E-state index is 5.51. The third-order valence-corrected chi connectivity index (χ3v) is 12.6. The van der Waals surface area contributed by atoms with E-state index in [-0.39, 0.29) is 12.3 Å². The van der Waals surface area contributed by atoms with Gasteiger partial charge in [0.1, 0.15) is 12.3 Å². The molecule has 0 aliphatic carbocycles. The summed E-state index contributed by atoms with van der Waals surface area (Å²) in [7, 11) is 0. The van der Waals surface area contributed by atoms with Crippen LogP contribution in [-0.4, -0.2) is 22.3 Å². The SMILES string of the molecule is C=C1CC2(C)c3ccccc3N3c4ccccc4N(c4ccccc4)C3C2(C)C2N(c3ccccc3)c3nc4ccccc4nc3N2c2ccccc21. The maximum Gasteiger partial charge on any atom is 0.179 e. The first-order chi connectivity index (χ1) is 26.0. The van der Waals surface area contributed by atoms with Gasteiger partial charge in [0.15, 0.2) is 11.6 Å². The van der Waals surface area contributed by atoms with Gasteiger partial charge in [-0.05, 0) is 78.2 Å². The minimum Gasteiger partial charge on any atom is -0.317 e. The number of hydrogen-bond donors (Lipinski definition) is 0. The molecule has 7 aromatic rings. The van der Waals surface area contributed by atoms with Crippen LogP contribution in [0.4, 0.5) is 45.8 Å². The van der Waals surface area contributed by atoms with E-state index in [0.29, 0.717) is 0 Å². The topological polar surface area (TPSA) is 38.7 Å². The summed E-state index contributed by atoms with van der Waals surface area (Å²) in [5.41, 5.74) is 11.3. The van der Waals surface area contributed by atoms with Crippen LogP contribution in [0.15, 0.2) is 164 Å². The summed E-state index contributed by atoms with van der Waals surface area (Å²) in [6, 6.07) is 56.8. The van der Waals surface area contributed by atoms with E-state index in [1.807, 2.05) is 0 Å². The molecule has 0 bridgehead atoms. The minimum absolute atomic E-state index is 0.150. The molecule has 0 radical (unpaired) electrons. The van der Waals surface area contributed by atoms with Crippen molar-refractivity contribution >= 4 is 62.4 Å². The van der Waals surface area contributed by atoms with Crippen molar-refractivity contribution < 1.29 is 0 Å². The van der Waals surface area contributed by atoms with Crippen LogP contribution in [0.1, 0.15) is 31.4 Å². The number of anilines is 8. The second-order valence-electron chi connectivity index (χ2n) is 15.2. The van der Waals surface area contributed by atoms with E-state index in [4.69, 9.17) is 16.5 Å². The van der Waals surface area contributed by atoms with E-state index >= 15 is 0 Å². The molecule has 1 aromatic heterocycles. The Bertz CT molecular complexity index is 2600. The first-order valence-electron chi connectivity index (χ1n) is 18.5. The molecule has 53 heavy (non-hydrogen) atoms. The number of aromatic nitrogens is 2. The third-order valence-electron chi connectivity index (χ3n) is 12.6. The van der Waals surface area contributed by atoms with Crippen molar-refractivity contribution in [1.82, 2.24) is 9.97 Å². The second-order valence-corrected chi connectivity index (χ2v) is 15.2. The highest BCUT2D eigenvalue weighted by Gasteiger charge is 2.69. The van der Waals surface area contributed by atoms with Crippen molar-refractivity contribution in [3.05, 3.63) is 175 Å². The van der Waals surface area contributed by atoms with E-state index in [9.17, 15) is 0 Å². The largest absolute Gasteiger partial charge is 0.317 e. The summed E-state index contributed by atoms with van der Waals surface area (Å²) in [4.78, 5) is 21.2. The lowest BCUT2D eigenvalue weighted by Gasteiger charge is -2.64. The molecule has 0 fully saturated rings. The van der Waals surface area contributed by atoms with Gasteiger partial charge in [0.05, 0.1) is 33.5 Å². The Hall–Kier alpha value is -6.40. The molecule has 256 valence electrons.